The van der Waals surface area contributed by atoms with Gasteiger partial charge in [-0.1, -0.05) is 12.1 Å². The highest BCUT2D eigenvalue weighted by atomic mass is 35.5. The molecule has 0 radical (unpaired) electrons. The van der Waals surface area contributed by atoms with Crippen molar-refractivity contribution in [2.45, 2.75) is 12.4 Å². The summed E-state index contributed by atoms with van der Waals surface area (Å²) in [4.78, 5) is 0. The summed E-state index contributed by atoms with van der Waals surface area (Å²) in [5.41, 5.74) is 0.888. The van der Waals surface area contributed by atoms with Gasteiger partial charge in [-0.3, -0.25) is 0 Å². The zero-order valence-electron chi connectivity index (χ0n) is 9.37. The van der Waals surface area contributed by atoms with Crippen molar-refractivity contribution in [1.29, 1.82) is 0 Å². The molecule has 1 aromatic rings. The zero-order chi connectivity index (χ0) is 12.3. The Balaban J connectivity index is 0.00000162. The molecule has 7 heteroatoms. The third kappa shape index (κ3) is 4.36. The lowest BCUT2D eigenvalue weighted by Gasteiger charge is -2.24. The number of ether oxygens (including phenoxy) is 2. The lowest BCUT2D eigenvalue weighted by Crippen LogP contribution is -2.34. The largest absolute Gasteiger partial charge is 0.573 e. The molecule has 0 unspecified atom stereocenters. The maximum absolute atomic E-state index is 11.9. The molecule has 0 amide bonds. The third-order valence-corrected chi connectivity index (χ3v) is 2.44. The molecule has 1 atom stereocenters. The minimum Gasteiger partial charge on any atom is -0.406 e. The lowest BCUT2D eigenvalue weighted by atomic mass is 10.1. The van der Waals surface area contributed by atoms with Gasteiger partial charge in [0.2, 0.25) is 0 Å². The van der Waals surface area contributed by atoms with Gasteiger partial charge in [0, 0.05) is 6.54 Å². The van der Waals surface area contributed by atoms with E-state index in [2.05, 4.69) is 10.1 Å². The SMILES string of the molecule is Cl.FC(F)(F)Oc1ccc([C@@H]2COCCN2)cc1. The van der Waals surface area contributed by atoms with E-state index < -0.39 is 6.36 Å². The number of halogens is 4. The van der Waals surface area contributed by atoms with Crippen LogP contribution in [0.5, 0.6) is 5.75 Å². The molecular weight excluding hydrogens is 271 g/mol. The second-order valence-electron chi connectivity index (χ2n) is 3.70. The fourth-order valence-electron chi connectivity index (χ4n) is 1.68. The van der Waals surface area contributed by atoms with E-state index in [0.717, 1.165) is 12.1 Å². The monoisotopic (exact) mass is 283 g/mol. The van der Waals surface area contributed by atoms with Crippen LogP contribution in [0.25, 0.3) is 0 Å². The molecule has 1 aliphatic heterocycles. The Morgan fingerprint density at radius 3 is 2.39 bits per heavy atom. The van der Waals surface area contributed by atoms with E-state index in [9.17, 15) is 13.2 Å². The number of alkyl halides is 3. The van der Waals surface area contributed by atoms with E-state index >= 15 is 0 Å². The van der Waals surface area contributed by atoms with E-state index in [0.29, 0.717) is 13.2 Å². The molecule has 1 N–H and O–H groups in total. The quantitative estimate of drug-likeness (QED) is 0.905. The van der Waals surface area contributed by atoms with Crippen LogP contribution < -0.4 is 10.1 Å². The molecule has 3 nitrogen and oxygen atoms in total. The molecular formula is C11H13ClF3NO2. The first-order valence-corrected chi connectivity index (χ1v) is 5.21. The highest BCUT2D eigenvalue weighted by Gasteiger charge is 2.31. The maximum atomic E-state index is 11.9. The van der Waals surface area contributed by atoms with Gasteiger partial charge >= 0.3 is 6.36 Å². The van der Waals surface area contributed by atoms with Gasteiger partial charge in [0.05, 0.1) is 19.3 Å². The molecule has 0 aliphatic carbocycles. The Hall–Kier alpha value is -0.980. The average Bonchev–Trinajstić information content (AvgIpc) is 2.29. The first kappa shape index (κ1) is 15.1. The minimum absolute atomic E-state index is 0. The highest BCUT2D eigenvalue weighted by molar-refractivity contribution is 5.85. The van der Waals surface area contributed by atoms with Crippen molar-refractivity contribution in [3.05, 3.63) is 29.8 Å². The number of rotatable bonds is 2. The van der Waals surface area contributed by atoms with Crippen molar-refractivity contribution in [1.82, 2.24) is 5.32 Å². The fraction of sp³-hybridized carbons (Fsp3) is 0.455. The summed E-state index contributed by atoms with van der Waals surface area (Å²) in [7, 11) is 0. The molecule has 1 aliphatic rings. The summed E-state index contributed by atoms with van der Waals surface area (Å²) in [5.74, 6) is -0.210. The number of benzene rings is 1. The van der Waals surface area contributed by atoms with Crippen molar-refractivity contribution >= 4 is 12.4 Å². The average molecular weight is 284 g/mol. The van der Waals surface area contributed by atoms with Crippen LogP contribution in [0.4, 0.5) is 13.2 Å². The summed E-state index contributed by atoms with van der Waals surface area (Å²) >= 11 is 0. The summed E-state index contributed by atoms with van der Waals surface area (Å²) in [5, 5.41) is 3.22. The first-order chi connectivity index (χ1) is 8.04. The fourth-order valence-corrected chi connectivity index (χ4v) is 1.68. The molecule has 0 bridgehead atoms. The smallest absolute Gasteiger partial charge is 0.406 e. The van der Waals surface area contributed by atoms with Crippen molar-refractivity contribution in [3.8, 4) is 5.75 Å². The van der Waals surface area contributed by atoms with Crippen LogP contribution in [-0.4, -0.2) is 26.1 Å². The molecule has 102 valence electrons. The van der Waals surface area contributed by atoms with Crippen LogP contribution in [0.2, 0.25) is 0 Å². The van der Waals surface area contributed by atoms with Gasteiger partial charge in [0.25, 0.3) is 0 Å². The van der Waals surface area contributed by atoms with E-state index in [4.69, 9.17) is 4.74 Å². The van der Waals surface area contributed by atoms with E-state index in [1.807, 2.05) is 0 Å². The normalized spacial score (nSPS) is 20.1. The second-order valence-corrected chi connectivity index (χ2v) is 3.70. The van der Waals surface area contributed by atoms with Crippen LogP contribution in [-0.2, 0) is 4.74 Å². The van der Waals surface area contributed by atoms with Crippen LogP contribution in [0.15, 0.2) is 24.3 Å². The maximum Gasteiger partial charge on any atom is 0.573 e. The van der Waals surface area contributed by atoms with Gasteiger partial charge in [-0.15, -0.1) is 25.6 Å². The molecule has 0 spiro atoms. The van der Waals surface area contributed by atoms with Crippen molar-refractivity contribution in [2.24, 2.45) is 0 Å². The topological polar surface area (TPSA) is 30.5 Å². The number of hydrogen-bond acceptors (Lipinski definition) is 3. The van der Waals surface area contributed by atoms with Crippen molar-refractivity contribution in [2.75, 3.05) is 19.8 Å². The summed E-state index contributed by atoms with van der Waals surface area (Å²) < 4.78 is 44.9. The molecule has 1 aromatic carbocycles. The van der Waals surface area contributed by atoms with Crippen molar-refractivity contribution in [3.63, 3.8) is 0 Å². The summed E-state index contributed by atoms with van der Waals surface area (Å²) in [6, 6.07) is 5.85. The summed E-state index contributed by atoms with van der Waals surface area (Å²) in [6.07, 6.45) is -4.65. The molecule has 1 saturated heterocycles. The van der Waals surface area contributed by atoms with Gasteiger partial charge in [-0.05, 0) is 17.7 Å². The molecule has 1 heterocycles. The Morgan fingerprint density at radius 1 is 1.22 bits per heavy atom. The Labute approximate surface area is 109 Å². The first-order valence-electron chi connectivity index (χ1n) is 5.21. The van der Waals surface area contributed by atoms with Crippen LogP contribution >= 0.6 is 12.4 Å². The highest BCUT2D eigenvalue weighted by Crippen LogP contribution is 2.24. The van der Waals surface area contributed by atoms with Crippen LogP contribution in [0.1, 0.15) is 11.6 Å². The minimum atomic E-state index is -4.65. The Morgan fingerprint density at radius 2 is 1.89 bits per heavy atom. The Kier molecular flexibility index (Phi) is 5.25. The van der Waals surface area contributed by atoms with E-state index in [1.54, 1.807) is 12.1 Å². The zero-order valence-corrected chi connectivity index (χ0v) is 10.2. The van der Waals surface area contributed by atoms with Crippen LogP contribution in [0.3, 0.4) is 0 Å². The second kappa shape index (κ2) is 6.26. The lowest BCUT2D eigenvalue weighted by molar-refractivity contribution is -0.274. The van der Waals surface area contributed by atoms with Crippen LogP contribution in [0, 0.1) is 0 Å². The predicted molar refractivity (Wildman–Crippen MR) is 61.9 cm³/mol. The molecule has 18 heavy (non-hydrogen) atoms. The van der Waals surface area contributed by atoms with Gasteiger partial charge in [0.1, 0.15) is 5.75 Å². The number of nitrogens with one attached hydrogen (secondary N) is 1. The van der Waals surface area contributed by atoms with Gasteiger partial charge in [-0.2, -0.15) is 0 Å². The summed E-state index contributed by atoms with van der Waals surface area (Å²) in [6.45, 7) is 1.93. The number of hydrogen-bond donors (Lipinski definition) is 1. The number of morpholine rings is 1. The van der Waals surface area contributed by atoms with Gasteiger partial charge in [-0.25, -0.2) is 0 Å². The van der Waals surface area contributed by atoms with E-state index in [1.165, 1.54) is 12.1 Å². The standard InChI is InChI=1S/C11H12F3NO2.ClH/c12-11(13,14)17-9-3-1-8(2-4-9)10-7-16-6-5-15-10;/h1-4,10,15H,5-7H2;1H/t10-;/m0./s1. The third-order valence-electron chi connectivity index (χ3n) is 2.44. The Bertz CT molecular complexity index is 364. The van der Waals surface area contributed by atoms with Crippen molar-refractivity contribution < 1.29 is 22.6 Å². The molecule has 0 aromatic heterocycles. The molecule has 0 saturated carbocycles. The van der Waals surface area contributed by atoms with E-state index in [-0.39, 0.29) is 24.2 Å². The van der Waals surface area contributed by atoms with Gasteiger partial charge < -0.3 is 14.8 Å². The van der Waals surface area contributed by atoms with Gasteiger partial charge in [0.15, 0.2) is 0 Å². The molecule has 1 fully saturated rings. The predicted octanol–water partition coefficient (Wildman–Crippen LogP) is 2.67. The molecule has 2 rings (SSSR count).